The number of ether oxygens (including phenoxy) is 1. The van der Waals surface area contributed by atoms with E-state index in [2.05, 4.69) is 10.6 Å². The van der Waals surface area contributed by atoms with Crippen molar-refractivity contribution in [2.45, 2.75) is 31.8 Å². The third kappa shape index (κ3) is 3.17. The summed E-state index contributed by atoms with van der Waals surface area (Å²) in [5.74, 6) is -0.175. The van der Waals surface area contributed by atoms with Gasteiger partial charge in [0.2, 0.25) is 11.8 Å². The van der Waals surface area contributed by atoms with Crippen LogP contribution in [-0.4, -0.2) is 30.9 Å². The summed E-state index contributed by atoms with van der Waals surface area (Å²) in [5.41, 5.74) is 3.04. The quantitative estimate of drug-likeness (QED) is 0.603. The van der Waals surface area contributed by atoms with Crippen LogP contribution in [0.1, 0.15) is 41.7 Å². The summed E-state index contributed by atoms with van der Waals surface area (Å²) in [6.45, 7) is 2.03. The van der Waals surface area contributed by atoms with Gasteiger partial charge >= 0.3 is 0 Å². The standard InChI is InChI=1S/C25H23N3O4/c1-14(15-6-9-17(32-2)10-7-15)26-18-11-8-16-4-3-5-19-22(16)23(18)25(31)28(19)20-12-13-21(29)27-24(20)30/h3-11,14,20,26H,12-13H2,1-2H3,(H,27,29,30)/t14-,20?/m0/s1. The average molecular weight is 429 g/mol. The lowest BCUT2D eigenvalue weighted by Gasteiger charge is -2.30. The number of hydrogen-bond acceptors (Lipinski definition) is 5. The molecule has 3 aromatic rings. The molecule has 7 heteroatoms. The number of benzene rings is 3. The lowest BCUT2D eigenvalue weighted by Crippen LogP contribution is -2.53. The Hall–Kier alpha value is -3.87. The van der Waals surface area contributed by atoms with Gasteiger partial charge in [0.15, 0.2) is 0 Å². The molecule has 2 heterocycles. The first-order valence-corrected chi connectivity index (χ1v) is 10.6. The summed E-state index contributed by atoms with van der Waals surface area (Å²) in [5, 5.41) is 7.60. The molecule has 1 unspecified atom stereocenters. The number of anilines is 2. The van der Waals surface area contributed by atoms with E-state index in [1.165, 1.54) is 0 Å². The highest BCUT2D eigenvalue weighted by Crippen LogP contribution is 2.43. The summed E-state index contributed by atoms with van der Waals surface area (Å²) >= 11 is 0. The van der Waals surface area contributed by atoms with E-state index in [0.717, 1.165) is 22.1 Å². The van der Waals surface area contributed by atoms with Crippen LogP contribution in [0.15, 0.2) is 54.6 Å². The zero-order chi connectivity index (χ0) is 22.4. The van der Waals surface area contributed by atoms with Gasteiger partial charge in [-0.05, 0) is 48.6 Å². The molecular formula is C25H23N3O4. The molecule has 2 aliphatic heterocycles. The molecular weight excluding hydrogens is 406 g/mol. The van der Waals surface area contributed by atoms with Crippen molar-refractivity contribution in [3.05, 3.63) is 65.7 Å². The molecule has 3 aromatic carbocycles. The minimum Gasteiger partial charge on any atom is -0.497 e. The Balaban J connectivity index is 1.52. The fraction of sp³-hybridized carbons (Fsp3) is 0.240. The molecule has 2 aliphatic rings. The van der Waals surface area contributed by atoms with Gasteiger partial charge in [0.1, 0.15) is 11.8 Å². The molecule has 1 saturated heterocycles. The van der Waals surface area contributed by atoms with Crippen LogP contribution >= 0.6 is 0 Å². The van der Waals surface area contributed by atoms with Gasteiger partial charge in [0.05, 0.1) is 18.4 Å². The monoisotopic (exact) mass is 429 g/mol. The third-order valence-corrected chi connectivity index (χ3v) is 6.23. The number of nitrogens with zero attached hydrogens (tertiary/aromatic N) is 1. The predicted molar refractivity (Wildman–Crippen MR) is 122 cm³/mol. The van der Waals surface area contributed by atoms with E-state index in [1.807, 2.05) is 61.5 Å². The van der Waals surface area contributed by atoms with Crippen molar-refractivity contribution >= 4 is 39.9 Å². The molecule has 162 valence electrons. The van der Waals surface area contributed by atoms with Crippen LogP contribution in [0.2, 0.25) is 0 Å². The Bertz CT molecular complexity index is 1250. The van der Waals surface area contributed by atoms with Gasteiger partial charge in [-0.3, -0.25) is 24.6 Å². The number of carbonyl (C=O) groups excluding carboxylic acids is 3. The second-order valence-electron chi connectivity index (χ2n) is 8.14. The Kier molecular flexibility index (Phi) is 4.81. The summed E-state index contributed by atoms with van der Waals surface area (Å²) in [6.07, 6.45) is 0.526. The third-order valence-electron chi connectivity index (χ3n) is 6.23. The molecule has 1 fully saturated rings. The molecule has 0 radical (unpaired) electrons. The number of imide groups is 1. The van der Waals surface area contributed by atoms with E-state index in [4.69, 9.17) is 4.74 Å². The SMILES string of the molecule is COc1ccc([C@H](C)Nc2ccc3cccc4c3c2C(=O)N4C2CCC(=O)NC2=O)cc1. The fourth-order valence-corrected chi connectivity index (χ4v) is 4.58. The van der Waals surface area contributed by atoms with Crippen molar-refractivity contribution in [2.75, 3.05) is 17.3 Å². The van der Waals surface area contributed by atoms with Crippen molar-refractivity contribution in [1.29, 1.82) is 0 Å². The first-order valence-electron chi connectivity index (χ1n) is 10.6. The predicted octanol–water partition coefficient (Wildman–Crippen LogP) is 3.79. The van der Waals surface area contributed by atoms with Gasteiger partial charge in [-0.25, -0.2) is 0 Å². The van der Waals surface area contributed by atoms with Crippen molar-refractivity contribution < 1.29 is 19.1 Å². The number of rotatable bonds is 5. The van der Waals surface area contributed by atoms with E-state index >= 15 is 0 Å². The molecule has 32 heavy (non-hydrogen) atoms. The lowest BCUT2D eigenvalue weighted by atomic mass is 10.0. The smallest absolute Gasteiger partial charge is 0.261 e. The highest BCUT2D eigenvalue weighted by atomic mass is 16.5. The van der Waals surface area contributed by atoms with Crippen LogP contribution in [-0.2, 0) is 9.59 Å². The molecule has 7 nitrogen and oxygen atoms in total. The lowest BCUT2D eigenvalue weighted by molar-refractivity contribution is -0.134. The number of hydrogen-bond donors (Lipinski definition) is 2. The van der Waals surface area contributed by atoms with E-state index in [9.17, 15) is 14.4 Å². The van der Waals surface area contributed by atoms with Crippen LogP contribution in [0.25, 0.3) is 10.8 Å². The molecule has 0 saturated carbocycles. The van der Waals surface area contributed by atoms with Crippen molar-refractivity contribution in [2.24, 2.45) is 0 Å². The maximum atomic E-state index is 13.6. The second-order valence-corrected chi connectivity index (χ2v) is 8.14. The summed E-state index contributed by atoms with van der Waals surface area (Å²) < 4.78 is 5.23. The van der Waals surface area contributed by atoms with Crippen molar-refractivity contribution in [3.63, 3.8) is 0 Å². The normalized spacial score (nSPS) is 18.6. The maximum absolute atomic E-state index is 13.6. The highest BCUT2D eigenvalue weighted by Gasteiger charge is 2.41. The maximum Gasteiger partial charge on any atom is 0.261 e. The number of carbonyl (C=O) groups is 3. The summed E-state index contributed by atoms with van der Waals surface area (Å²) in [6, 6.07) is 16.6. The van der Waals surface area contributed by atoms with Gasteiger partial charge in [-0.2, -0.15) is 0 Å². The first-order chi connectivity index (χ1) is 15.5. The molecule has 0 aromatic heterocycles. The minimum absolute atomic E-state index is 0.0563. The number of methoxy groups -OCH3 is 1. The van der Waals surface area contributed by atoms with Crippen LogP contribution in [0.3, 0.4) is 0 Å². The Labute approximate surface area is 185 Å². The van der Waals surface area contributed by atoms with Gasteiger partial charge in [-0.15, -0.1) is 0 Å². The first kappa shape index (κ1) is 20.1. The Morgan fingerprint density at radius 1 is 1.06 bits per heavy atom. The van der Waals surface area contributed by atoms with E-state index < -0.39 is 11.9 Å². The summed E-state index contributed by atoms with van der Waals surface area (Å²) in [4.78, 5) is 39.4. The van der Waals surface area contributed by atoms with Crippen LogP contribution in [0.5, 0.6) is 5.75 Å². The van der Waals surface area contributed by atoms with E-state index in [-0.39, 0.29) is 24.3 Å². The molecule has 0 bridgehead atoms. The van der Waals surface area contributed by atoms with E-state index in [0.29, 0.717) is 23.4 Å². The van der Waals surface area contributed by atoms with Crippen molar-refractivity contribution in [3.8, 4) is 5.75 Å². The molecule has 0 aliphatic carbocycles. The molecule has 5 rings (SSSR count). The van der Waals surface area contributed by atoms with Crippen LogP contribution in [0.4, 0.5) is 11.4 Å². The van der Waals surface area contributed by atoms with Crippen molar-refractivity contribution in [1.82, 2.24) is 5.32 Å². The van der Waals surface area contributed by atoms with Gasteiger partial charge < -0.3 is 10.1 Å². The number of amides is 3. The summed E-state index contributed by atoms with van der Waals surface area (Å²) in [7, 11) is 1.63. The molecule has 3 amide bonds. The number of piperidine rings is 1. The zero-order valence-electron chi connectivity index (χ0n) is 17.8. The largest absolute Gasteiger partial charge is 0.497 e. The molecule has 2 N–H and O–H groups in total. The fourth-order valence-electron chi connectivity index (χ4n) is 4.58. The molecule has 0 spiro atoms. The van der Waals surface area contributed by atoms with Crippen LogP contribution < -0.4 is 20.3 Å². The second kappa shape index (κ2) is 7.67. The minimum atomic E-state index is -0.704. The van der Waals surface area contributed by atoms with Gasteiger partial charge in [0, 0.05) is 23.5 Å². The number of nitrogens with one attached hydrogen (secondary N) is 2. The van der Waals surface area contributed by atoms with Gasteiger partial charge in [-0.1, -0.05) is 30.3 Å². The highest BCUT2D eigenvalue weighted by molar-refractivity contribution is 6.29. The Morgan fingerprint density at radius 3 is 2.56 bits per heavy atom. The Morgan fingerprint density at radius 2 is 1.84 bits per heavy atom. The molecule has 2 atom stereocenters. The van der Waals surface area contributed by atoms with Crippen LogP contribution in [0, 0.1) is 0 Å². The topological polar surface area (TPSA) is 87.7 Å². The van der Waals surface area contributed by atoms with E-state index in [1.54, 1.807) is 12.0 Å². The zero-order valence-corrected chi connectivity index (χ0v) is 17.8. The average Bonchev–Trinajstić information content (AvgIpc) is 3.09. The van der Waals surface area contributed by atoms with Gasteiger partial charge in [0.25, 0.3) is 5.91 Å².